The molecule has 3 rings (SSSR count). The number of non-ortho nitro benzene ring substituents is 1. The van der Waals surface area contributed by atoms with Crippen molar-refractivity contribution in [3.63, 3.8) is 0 Å². The Morgan fingerprint density at radius 2 is 2.08 bits per heavy atom. The number of hydrogen-bond acceptors (Lipinski definition) is 5. The van der Waals surface area contributed by atoms with Gasteiger partial charge in [-0.1, -0.05) is 0 Å². The summed E-state index contributed by atoms with van der Waals surface area (Å²) in [5.74, 6) is 1.04. The molecule has 1 aliphatic rings. The Balaban J connectivity index is 1.67. The molecule has 1 amide bonds. The number of nitro benzene ring substituents is 1. The molecule has 0 spiro atoms. The minimum atomic E-state index is -0.405. The molecule has 1 atom stereocenters. The Morgan fingerprint density at radius 1 is 1.33 bits per heavy atom. The van der Waals surface area contributed by atoms with Gasteiger partial charge in [-0.25, -0.2) is 0 Å². The van der Waals surface area contributed by atoms with E-state index < -0.39 is 4.92 Å². The molecule has 2 heterocycles. The van der Waals surface area contributed by atoms with Crippen molar-refractivity contribution in [3.05, 3.63) is 61.8 Å². The molecule has 0 radical (unpaired) electrons. The quantitative estimate of drug-likeness (QED) is 0.591. The SMILES string of the molecule is Cc1ccsc1CCC(=O)N1CCSC1c1ccc([N+](=O)[O-])cc1. The molecular formula is C17H18N2O3S2. The first-order valence-corrected chi connectivity index (χ1v) is 9.67. The fraction of sp³-hybridized carbons (Fsp3) is 0.353. The lowest BCUT2D eigenvalue weighted by Crippen LogP contribution is -2.30. The highest BCUT2D eigenvalue weighted by Crippen LogP contribution is 2.38. The number of benzene rings is 1. The van der Waals surface area contributed by atoms with E-state index in [9.17, 15) is 14.9 Å². The van der Waals surface area contributed by atoms with Crippen LogP contribution in [0.5, 0.6) is 0 Å². The Labute approximate surface area is 148 Å². The Bertz CT molecular complexity index is 743. The zero-order valence-electron chi connectivity index (χ0n) is 13.3. The summed E-state index contributed by atoms with van der Waals surface area (Å²) in [7, 11) is 0. The normalized spacial score (nSPS) is 17.2. The van der Waals surface area contributed by atoms with Gasteiger partial charge in [0.2, 0.25) is 5.91 Å². The van der Waals surface area contributed by atoms with Crippen LogP contribution in [0.2, 0.25) is 0 Å². The van der Waals surface area contributed by atoms with Crippen LogP contribution in [-0.2, 0) is 11.2 Å². The van der Waals surface area contributed by atoms with Crippen LogP contribution in [0.25, 0.3) is 0 Å². The average molecular weight is 362 g/mol. The van der Waals surface area contributed by atoms with Gasteiger partial charge in [0.1, 0.15) is 5.37 Å². The van der Waals surface area contributed by atoms with Gasteiger partial charge in [0.25, 0.3) is 5.69 Å². The maximum Gasteiger partial charge on any atom is 0.269 e. The van der Waals surface area contributed by atoms with E-state index in [-0.39, 0.29) is 17.0 Å². The van der Waals surface area contributed by atoms with Crippen LogP contribution >= 0.6 is 23.1 Å². The van der Waals surface area contributed by atoms with Gasteiger partial charge in [0, 0.05) is 35.7 Å². The van der Waals surface area contributed by atoms with E-state index >= 15 is 0 Å². The van der Waals surface area contributed by atoms with E-state index in [4.69, 9.17) is 0 Å². The molecule has 1 aromatic heterocycles. The van der Waals surface area contributed by atoms with Gasteiger partial charge in [0.15, 0.2) is 0 Å². The molecule has 7 heteroatoms. The lowest BCUT2D eigenvalue weighted by Gasteiger charge is -2.24. The van der Waals surface area contributed by atoms with E-state index in [1.165, 1.54) is 22.6 Å². The molecule has 0 saturated carbocycles. The van der Waals surface area contributed by atoms with Crippen molar-refractivity contribution in [1.29, 1.82) is 0 Å². The summed E-state index contributed by atoms with van der Waals surface area (Å²) in [5, 5.41) is 12.8. The second-order valence-corrected chi connectivity index (χ2v) is 7.87. The first-order chi connectivity index (χ1) is 11.6. The van der Waals surface area contributed by atoms with Crippen molar-refractivity contribution in [2.45, 2.75) is 25.1 Å². The van der Waals surface area contributed by atoms with Gasteiger partial charge in [-0.3, -0.25) is 14.9 Å². The number of nitro groups is 1. The number of carbonyl (C=O) groups is 1. The molecule has 0 N–H and O–H groups in total. The number of carbonyl (C=O) groups excluding carboxylic acids is 1. The van der Waals surface area contributed by atoms with Crippen LogP contribution in [0.15, 0.2) is 35.7 Å². The number of nitrogens with zero attached hydrogens (tertiary/aromatic N) is 2. The summed E-state index contributed by atoms with van der Waals surface area (Å²) in [6.45, 7) is 2.80. The van der Waals surface area contributed by atoms with Gasteiger partial charge in [-0.15, -0.1) is 23.1 Å². The van der Waals surface area contributed by atoms with Crippen molar-refractivity contribution in [2.24, 2.45) is 0 Å². The third-order valence-electron chi connectivity index (χ3n) is 4.13. The molecule has 1 aliphatic heterocycles. The Hall–Kier alpha value is -1.86. The zero-order chi connectivity index (χ0) is 17.1. The van der Waals surface area contributed by atoms with Crippen LogP contribution in [0.1, 0.15) is 27.8 Å². The van der Waals surface area contributed by atoms with E-state index in [0.29, 0.717) is 6.42 Å². The van der Waals surface area contributed by atoms with Crippen molar-refractivity contribution >= 4 is 34.7 Å². The second kappa shape index (κ2) is 7.36. The highest BCUT2D eigenvalue weighted by atomic mass is 32.2. The van der Waals surface area contributed by atoms with E-state index in [0.717, 1.165) is 24.3 Å². The summed E-state index contributed by atoms with van der Waals surface area (Å²) < 4.78 is 0. The average Bonchev–Trinajstić information content (AvgIpc) is 3.21. The van der Waals surface area contributed by atoms with Gasteiger partial charge < -0.3 is 4.90 Å². The van der Waals surface area contributed by atoms with Gasteiger partial charge in [-0.05, 0) is 48.1 Å². The summed E-state index contributed by atoms with van der Waals surface area (Å²) in [6.07, 6.45) is 1.28. The standard InChI is InChI=1S/C17H18N2O3S2/c1-12-8-10-23-15(12)6-7-16(20)18-9-11-24-17(18)13-2-4-14(5-3-13)19(21)22/h2-5,8,10,17H,6-7,9,11H2,1H3. The van der Waals surface area contributed by atoms with Crippen molar-refractivity contribution in [1.82, 2.24) is 4.90 Å². The molecule has 126 valence electrons. The number of hydrogen-bond donors (Lipinski definition) is 0. The van der Waals surface area contributed by atoms with Crippen molar-refractivity contribution in [3.8, 4) is 0 Å². The molecule has 1 saturated heterocycles. The largest absolute Gasteiger partial charge is 0.326 e. The topological polar surface area (TPSA) is 63.5 Å². The highest BCUT2D eigenvalue weighted by Gasteiger charge is 2.30. The molecule has 0 bridgehead atoms. The smallest absolute Gasteiger partial charge is 0.269 e. The lowest BCUT2D eigenvalue weighted by atomic mass is 10.1. The van der Waals surface area contributed by atoms with E-state index in [1.54, 1.807) is 35.2 Å². The van der Waals surface area contributed by atoms with Crippen molar-refractivity contribution in [2.75, 3.05) is 12.3 Å². The highest BCUT2D eigenvalue weighted by molar-refractivity contribution is 7.99. The molecule has 1 aromatic carbocycles. The van der Waals surface area contributed by atoms with Crippen LogP contribution in [0, 0.1) is 17.0 Å². The van der Waals surface area contributed by atoms with E-state index in [2.05, 4.69) is 18.4 Å². The maximum atomic E-state index is 12.6. The first kappa shape index (κ1) is 17.0. The Kier molecular flexibility index (Phi) is 5.20. The molecule has 0 aliphatic carbocycles. The lowest BCUT2D eigenvalue weighted by molar-refractivity contribution is -0.384. The Morgan fingerprint density at radius 3 is 2.71 bits per heavy atom. The second-order valence-electron chi connectivity index (χ2n) is 5.69. The summed E-state index contributed by atoms with van der Waals surface area (Å²) >= 11 is 3.41. The summed E-state index contributed by atoms with van der Waals surface area (Å²) in [6, 6.07) is 8.60. The molecular weight excluding hydrogens is 344 g/mol. The molecule has 5 nitrogen and oxygen atoms in total. The third-order valence-corrected chi connectivity index (χ3v) is 6.48. The minimum Gasteiger partial charge on any atom is -0.326 e. The number of thioether (sulfide) groups is 1. The van der Waals surface area contributed by atoms with Crippen LogP contribution in [0.4, 0.5) is 5.69 Å². The number of thiophene rings is 1. The van der Waals surface area contributed by atoms with Crippen LogP contribution < -0.4 is 0 Å². The fourth-order valence-electron chi connectivity index (χ4n) is 2.79. The fourth-order valence-corrected chi connectivity index (χ4v) is 4.97. The number of rotatable bonds is 5. The predicted molar refractivity (Wildman–Crippen MR) is 97.4 cm³/mol. The summed E-state index contributed by atoms with van der Waals surface area (Å²) in [4.78, 5) is 26.1. The monoisotopic (exact) mass is 362 g/mol. The molecule has 2 aromatic rings. The number of amides is 1. The minimum absolute atomic E-state index is 0.0391. The maximum absolute atomic E-state index is 12.6. The zero-order valence-corrected chi connectivity index (χ0v) is 14.9. The van der Waals surface area contributed by atoms with Gasteiger partial charge in [0.05, 0.1) is 4.92 Å². The molecule has 1 unspecified atom stereocenters. The third kappa shape index (κ3) is 3.62. The summed E-state index contributed by atoms with van der Waals surface area (Å²) in [5.41, 5.74) is 2.27. The number of aryl methyl sites for hydroxylation is 2. The van der Waals surface area contributed by atoms with Gasteiger partial charge in [-0.2, -0.15) is 0 Å². The van der Waals surface area contributed by atoms with Crippen LogP contribution in [0.3, 0.4) is 0 Å². The van der Waals surface area contributed by atoms with Gasteiger partial charge >= 0.3 is 0 Å². The van der Waals surface area contributed by atoms with Crippen LogP contribution in [-0.4, -0.2) is 28.0 Å². The van der Waals surface area contributed by atoms with Crippen molar-refractivity contribution < 1.29 is 9.72 Å². The predicted octanol–water partition coefficient (Wildman–Crippen LogP) is 4.17. The first-order valence-electron chi connectivity index (χ1n) is 7.74. The van der Waals surface area contributed by atoms with E-state index in [1.807, 2.05) is 4.90 Å². The molecule has 1 fully saturated rings. The molecule has 24 heavy (non-hydrogen) atoms.